The van der Waals surface area contributed by atoms with Crippen molar-refractivity contribution >= 4 is 17.4 Å². The first-order valence-corrected chi connectivity index (χ1v) is 12.7. The number of aliphatic hydroxyl groups is 1. The van der Waals surface area contributed by atoms with Crippen molar-refractivity contribution in [2.24, 2.45) is 0 Å². The van der Waals surface area contributed by atoms with Crippen LogP contribution in [0.1, 0.15) is 35.2 Å². The molecule has 1 aliphatic rings. The summed E-state index contributed by atoms with van der Waals surface area (Å²) in [6.45, 7) is 4.93. The number of carbonyl (C=O) groups is 2. The van der Waals surface area contributed by atoms with Crippen LogP contribution in [0.3, 0.4) is 0 Å². The van der Waals surface area contributed by atoms with Gasteiger partial charge in [-0.2, -0.15) is 0 Å². The van der Waals surface area contributed by atoms with E-state index in [2.05, 4.69) is 0 Å². The zero-order valence-corrected chi connectivity index (χ0v) is 22.6. The van der Waals surface area contributed by atoms with Gasteiger partial charge in [-0.3, -0.25) is 9.59 Å². The first-order chi connectivity index (χ1) is 18.9. The first-order valence-electron chi connectivity index (χ1n) is 12.7. The average Bonchev–Trinajstić information content (AvgIpc) is 3.20. The molecule has 0 aliphatic carbocycles. The van der Waals surface area contributed by atoms with Crippen LogP contribution >= 0.6 is 0 Å². The number of ether oxygens (including phenoxy) is 4. The van der Waals surface area contributed by atoms with Crippen LogP contribution in [0, 0.1) is 6.92 Å². The molecule has 0 aromatic heterocycles. The SMILES string of the molecule is CCOc1ccc([C@@H]2C(=C(O)c3ccc(OCc4ccccc4)cc3C)C(=O)C(=O)N2CCOC)cc1OC. The summed E-state index contributed by atoms with van der Waals surface area (Å²) in [5.41, 5.74) is 2.78. The molecule has 1 fully saturated rings. The third-order valence-electron chi connectivity index (χ3n) is 6.58. The highest BCUT2D eigenvalue weighted by atomic mass is 16.5. The smallest absolute Gasteiger partial charge is 0.295 e. The standard InChI is InChI=1S/C31H33NO7/c1-5-38-25-14-11-22(18-26(25)37-4)28-27(30(34)31(35)32(28)15-16-36-3)29(33)24-13-12-23(17-20(24)2)39-19-21-9-7-6-8-10-21/h6-14,17-18,28,33H,5,15-16,19H2,1-4H3/t28-/m1/s1. The normalized spacial score (nSPS) is 16.4. The predicted octanol–water partition coefficient (Wildman–Crippen LogP) is 5.05. The Morgan fingerprint density at radius 3 is 2.38 bits per heavy atom. The van der Waals surface area contributed by atoms with Crippen LogP contribution in [-0.2, 0) is 20.9 Å². The number of amides is 1. The Labute approximate surface area is 228 Å². The molecule has 0 bridgehead atoms. The van der Waals surface area contributed by atoms with Crippen molar-refractivity contribution in [1.29, 1.82) is 0 Å². The van der Waals surface area contributed by atoms with Gasteiger partial charge >= 0.3 is 0 Å². The summed E-state index contributed by atoms with van der Waals surface area (Å²) in [5, 5.41) is 11.5. The number of ketones is 1. The van der Waals surface area contributed by atoms with E-state index in [4.69, 9.17) is 18.9 Å². The van der Waals surface area contributed by atoms with Gasteiger partial charge in [0.2, 0.25) is 0 Å². The zero-order chi connectivity index (χ0) is 27.9. The van der Waals surface area contributed by atoms with Gasteiger partial charge < -0.3 is 29.0 Å². The lowest BCUT2D eigenvalue weighted by molar-refractivity contribution is -0.140. The number of rotatable bonds is 11. The third kappa shape index (κ3) is 5.91. The van der Waals surface area contributed by atoms with Crippen molar-refractivity contribution in [2.75, 3.05) is 34.0 Å². The topological polar surface area (TPSA) is 94.5 Å². The third-order valence-corrected chi connectivity index (χ3v) is 6.58. The molecule has 8 nitrogen and oxygen atoms in total. The van der Waals surface area contributed by atoms with Crippen LogP contribution in [0.5, 0.6) is 17.2 Å². The molecule has 1 amide bonds. The van der Waals surface area contributed by atoms with E-state index in [9.17, 15) is 14.7 Å². The summed E-state index contributed by atoms with van der Waals surface area (Å²) in [5.74, 6) is -0.0843. The van der Waals surface area contributed by atoms with Gasteiger partial charge in [0, 0.05) is 19.2 Å². The van der Waals surface area contributed by atoms with Crippen molar-refractivity contribution in [1.82, 2.24) is 4.90 Å². The minimum atomic E-state index is -0.835. The van der Waals surface area contributed by atoms with E-state index >= 15 is 0 Å². The van der Waals surface area contributed by atoms with E-state index in [1.54, 1.807) is 36.4 Å². The van der Waals surface area contributed by atoms with E-state index in [0.29, 0.717) is 47.2 Å². The molecule has 0 unspecified atom stereocenters. The van der Waals surface area contributed by atoms with Crippen molar-refractivity contribution in [3.8, 4) is 17.2 Å². The van der Waals surface area contributed by atoms with Crippen LogP contribution in [0.15, 0.2) is 72.3 Å². The van der Waals surface area contributed by atoms with Gasteiger partial charge in [0.1, 0.15) is 18.1 Å². The molecule has 0 radical (unpaired) electrons. The Morgan fingerprint density at radius 1 is 0.949 bits per heavy atom. The van der Waals surface area contributed by atoms with Crippen molar-refractivity contribution in [3.63, 3.8) is 0 Å². The second kappa shape index (κ2) is 12.5. The molecule has 1 atom stereocenters. The Bertz CT molecular complexity index is 1370. The maximum atomic E-state index is 13.3. The maximum Gasteiger partial charge on any atom is 0.295 e. The molecule has 8 heteroatoms. The largest absolute Gasteiger partial charge is 0.507 e. The molecule has 1 N–H and O–H groups in total. The molecule has 0 spiro atoms. The molecule has 1 saturated heterocycles. The fourth-order valence-corrected chi connectivity index (χ4v) is 4.65. The summed E-state index contributed by atoms with van der Waals surface area (Å²) in [6, 6.07) is 19.4. The molecular formula is C31H33NO7. The molecule has 39 heavy (non-hydrogen) atoms. The van der Waals surface area contributed by atoms with Crippen LogP contribution in [0.4, 0.5) is 0 Å². The summed E-state index contributed by atoms with van der Waals surface area (Å²) < 4.78 is 22.2. The minimum Gasteiger partial charge on any atom is -0.507 e. The zero-order valence-electron chi connectivity index (χ0n) is 22.6. The van der Waals surface area contributed by atoms with Crippen LogP contribution in [0.2, 0.25) is 0 Å². The minimum absolute atomic E-state index is 0.00312. The number of aryl methyl sites for hydroxylation is 1. The lowest BCUT2D eigenvalue weighted by Crippen LogP contribution is -2.32. The molecule has 3 aromatic carbocycles. The predicted molar refractivity (Wildman–Crippen MR) is 147 cm³/mol. The van der Waals surface area contributed by atoms with E-state index in [1.807, 2.05) is 44.2 Å². The van der Waals surface area contributed by atoms with Crippen LogP contribution in [0.25, 0.3) is 5.76 Å². The van der Waals surface area contributed by atoms with Crippen LogP contribution < -0.4 is 14.2 Å². The Hall–Kier alpha value is -4.30. The number of Topliss-reactive ketones (excluding diaryl/α,β-unsaturated/α-hetero) is 1. The van der Waals surface area contributed by atoms with Gasteiger partial charge in [0.15, 0.2) is 11.5 Å². The fourth-order valence-electron chi connectivity index (χ4n) is 4.65. The highest BCUT2D eigenvalue weighted by Crippen LogP contribution is 2.42. The van der Waals surface area contributed by atoms with Crippen molar-refractivity contribution in [2.45, 2.75) is 26.5 Å². The van der Waals surface area contributed by atoms with E-state index < -0.39 is 17.7 Å². The Balaban J connectivity index is 1.74. The van der Waals surface area contributed by atoms with E-state index in [-0.39, 0.29) is 24.5 Å². The fraction of sp³-hybridized carbons (Fsp3) is 0.290. The summed E-state index contributed by atoms with van der Waals surface area (Å²) in [7, 11) is 3.05. The van der Waals surface area contributed by atoms with Gasteiger partial charge in [-0.25, -0.2) is 0 Å². The maximum absolute atomic E-state index is 13.3. The number of hydrogen-bond donors (Lipinski definition) is 1. The summed E-state index contributed by atoms with van der Waals surface area (Å²) in [6.07, 6.45) is 0. The lowest BCUT2D eigenvalue weighted by Gasteiger charge is -2.26. The Kier molecular flexibility index (Phi) is 8.88. The molecule has 0 saturated carbocycles. The molecule has 1 heterocycles. The summed E-state index contributed by atoms with van der Waals surface area (Å²) >= 11 is 0. The number of benzene rings is 3. The number of aliphatic hydroxyl groups excluding tert-OH is 1. The quantitative estimate of drug-likeness (QED) is 0.210. The first kappa shape index (κ1) is 27.7. The number of methoxy groups -OCH3 is 2. The second-order valence-corrected chi connectivity index (χ2v) is 9.08. The highest BCUT2D eigenvalue weighted by Gasteiger charge is 2.46. The molecule has 1 aliphatic heterocycles. The van der Waals surface area contributed by atoms with E-state index in [1.165, 1.54) is 19.1 Å². The molecular weight excluding hydrogens is 498 g/mol. The summed E-state index contributed by atoms with van der Waals surface area (Å²) in [4.78, 5) is 27.8. The van der Waals surface area contributed by atoms with Gasteiger partial charge in [0.25, 0.3) is 11.7 Å². The molecule has 3 aromatic rings. The number of likely N-dealkylation sites (tertiary alicyclic amines) is 1. The molecule has 4 rings (SSSR count). The van der Waals surface area contributed by atoms with Crippen molar-refractivity contribution < 1.29 is 33.6 Å². The Morgan fingerprint density at radius 2 is 1.72 bits per heavy atom. The van der Waals surface area contributed by atoms with Gasteiger partial charge in [0.05, 0.1) is 31.9 Å². The number of nitrogens with zero attached hydrogens (tertiary/aromatic N) is 1. The van der Waals surface area contributed by atoms with Gasteiger partial charge in [-0.15, -0.1) is 0 Å². The van der Waals surface area contributed by atoms with Crippen LogP contribution in [-0.4, -0.2) is 55.7 Å². The number of carbonyl (C=O) groups excluding carboxylic acids is 2. The lowest BCUT2D eigenvalue weighted by atomic mass is 9.93. The monoisotopic (exact) mass is 531 g/mol. The number of hydrogen-bond acceptors (Lipinski definition) is 7. The second-order valence-electron chi connectivity index (χ2n) is 9.08. The highest BCUT2D eigenvalue weighted by molar-refractivity contribution is 6.46. The average molecular weight is 532 g/mol. The van der Waals surface area contributed by atoms with Gasteiger partial charge in [-0.05, 0) is 60.9 Å². The van der Waals surface area contributed by atoms with Crippen molar-refractivity contribution in [3.05, 3.63) is 94.6 Å². The van der Waals surface area contributed by atoms with Gasteiger partial charge in [-0.1, -0.05) is 36.4 Å². The van der Waals surface area contributed by atoms with E-state index in [0.717, 1.165) is 5.56 Å². The molecule has 204 valence electrons.